The molecule has 0 aliphatic carbocycles. The fourth-order valence-electron chi connectivity index (χ4n) is 4.30. The third-order valence-electron chi connectivity index (χ3n) is 5.44. The molecule has 4 aliphatic heterocycles. The second-order valence-corrected chi connectivity index (χ2v) is 8.26. The molecule has 0 aromatic rings. The number of β-amino-alcohol motifs (C(OH)–C–C–N with tert-alkyl or cyclic N) is 1. The summed E-state index contributed by atoms with van der Waals surface area (Å²) in [4.78, 5) is 5.12. The fraction of sp³-hybridized carbons (Fsp3) is 1.00. The molecule has 0 spiro atoms. The lowest BCUT2D eigenvalue weighted by molar-refractivity contribution is -0.189. The molecule has 0 aromatic heterocycles. The van der Waals surface area contributed by atoms with Gasteiger partial charge in [0.05, 0.1) is 5.60 Å². The molecule has 0 aromatic carbocycles. The molecule has 19 heavy (non-hydrogen) atoms. The lowest BCUT2D eigenvalue weighted by atomic mass is 9.61. The molecule has 3 atom stereocenters. The zero-order chi connectivity index (χ0) is 13.9. The van der Waals surface area contributed by atoms with Crippen LogP contribution in [0.4, 0.5) is 0 Å². The van der Waals surface area contributed by atoms with Crippen molar-refractivity contribution in [1.29, 1.82) is 0 Å². The Labute approximate surface area is 117 Å². The van der Waals surface area contributed by atoms with Crippen LogP contribution in [-0.4, -0.2) is 71.9 Å². The third-order valence-corrected chi connectivity index (χ3v) is 5.44. The molecule has 2 N–H and O–H groups in total. The van der Waals surface area contributed by atoms with Crippen molar-refractivity contribution in [3.05, 3.63) is 0 Å². The van der Waals surface area contributed by atoms with E-state index in [0.717, 1.165) is 32.7 Å². The van der Waals surface area contributed by atoms with Gasteiger partial charge in [-0.2, -0.15) is 0 Å². The zero-order valence-electron chi connectivity index (χ0n) is 12.9. The summed E-state index contributed by atoms with van der Waals surface area (Å²) in [5, 5.41) is 15.0. The van der Waals surface area contributed by atoms with Crippen molar-refractivity contribution in [3.8, 4) is 0 Å². The van der Waals surface area contributed by atoms with Gasteiger partial charge in [-0.05, 0) is 20.8 Å². The number of piperidine rings is 2. The van der Waals surface area contributed by atoms with Crippen molar-refractivity contribution in [3.63, 3.8) is 0 Å². The minimum Gasteiger partial charge on any atom is -0.387 e. The Kier molecular flexibility index (Phi) is 3.03. The lowest BCUT2D eigenvalue weighted by Gasteiger charge is -2.59. The Bertz CT molecular complexity index is 349. The second kappa shape index (κ2) is 4.17. The minimum absolute atomic E-state index is 0.00289. The standard InChI is InChI=1S/C15H29N3O/c1-13(2,3)16-9-15(19)12-7-17-5-6-18(8-12)11-14(15,4)10-17/h12,16,19H,5-11H2,1-4H3. The fourth-order valence-corrected chi connectivity index (χ4v) is 4.30. The maximum atomic E-state index is 11.4. The highest BCUT2D eigenvalue weighted by molar-refractivity contribution is 5.14. The molecular formula is C15H29N3O. The van der Waals surface area contributed by atoms with E-state index in [2.05, 4.69) is 42.8 Å². The molecule has 0 saturated carbocycles. The predicted molar refractivity (Wildman–Crippen MR) is 77.2 cm³/mol. The first kappa shape index (κ1) is 13.8. The van der Waals surface area contributed by atoms with Crippen molar-refractivity contribution in [2.75, 3.05) is 45.8 Å². The first-order valence-electron chi connectivity index (χ1n) is 7.64. The first-order valence-corrected chi connectivity index (χ1v) is 7.64. The lowest BCUT2D eigenvalue weighted by Crippen LogP contribution is -2.73. The van der Waals surface area contributed by atoms with Crippen LogP contribution >= 0.6 is 0 Å². The van der Waals surface area contributed by atoms with Gasteiger partial charge in [0, 0.05) is 62.7 Å². The summed E-state index contributed by atoms with van der Waals surface area (Å²) < 4.78 is 0. The van der Waals surface area contributed by atoms with Gasteiger partial charge in [0.25, 0.3) is 0 Å². The van der Waals surface area contributed by atoms with E-state index >= 15 is 0 Å². The smallest absolute Gasteiger partial charge is 0.0901 e. The van der Waals surface area contributed by atoms with E-state index in [4.69, 9.17) is 0 Å². The summed E-state index contributed by atoms with van der Waals surface area (Å²) in [6.45, 7) is 16.1. The van der Waals surface area contributed by atoms with E-state index in [1.807, 2.05) is 0 Å². The van der Waals surface area contributed by atoms with Gasteiger partial charge in [-0.1, -0.05) is 6.92 Å². The van der Waals surface area contributed by atoms with Crippen LogP contribution in [0.15, 0.2) is 0 Å². The molecule has 4 fully saturated rings. The van der Waals surface area contributed by atoms with E-state index in [1.54, 1.807) is 0 Å². The van der Waals surface area contributed by atoms with Gasteiger partial charge in [0.15, 0.2) is 0 Å². The average Bonchev–Trinajstić information content (AvgIpc) is 2.51. The van der Waals surface area contributed by atoms with Crippen LogP contribution in [0.5, 0.6) is 0 Å². The third kappa shape index (κ3) is 2.23. The average molecular weight is 267 g/mol. The number of fused-ring (bicyclic) bond motifs is 1. The normalized spacial score (nSPS) is 49.4. The summed E-state index contributed by atoms with van der Waals surface area (Å²) in [5.41, 5.74) is -0.488. The molecule has 0 amide bonds. The summed E-state index contributed by atoms with van der Waals surface area (Å²) >= 11 is 0. The van der Waals surface area contributed by atoms with Crippen LogP contribution in [-0.2, 0) is 0 Å². The molecule has 4 rings (SSSR count). The van der Waals surface area contributed by atoms with Crippen LogP contribution in [0.3, 0.4) is 0 Å². The van der Waals surface area contributed by atoms with Crippen LogP contribution < -0.4 is 5.32 Å². The Morgan fingerprint density at radius 1 is 1.16 bits per heavy atom. The van der Waals surface area contributed by atoms with Crippen molar-refractivity contribution in [2.45, 2.75) is 38.8 Å². The molecule has 4 aliphatic rings. The molecule has 0 radical (unpaired) electrons. The van der Waals surface area contributed by atoms with Crippen molar-refractivity contribution >= 4 is 0 Å². The molecule has 110 valence electrons. The summed E-state index contributed by atoms with van der Waals surface area (Å²) in [5.74, 6) is 0.386. The Balaban J connectivity index is 1.85. The molecule has 3 unspecified atom stereocenters. The van der Waals surface area contributed by atoms with Gasteiger partial charge in [-0.25, -0.2) is 0 Å². The quantitative estimate of drug-likeness (QED) is 0.758. The highest BCUT2D eigenvalue weighted by Crippen LogP contribution is 2.47. The Morgan fingerprint density at radius 3 is 2.11 bits per heavy atom. The molecular weight excluding hydrogens is 238 g/mol. The number of nitrogens with zero attached hydrogens (tertiary/aromatic N) is 2. The highest BCUT2D eigenvalue weighted by Gasteiger charge is 2.60. The highest BCUT2D eigenvalue weighted by atomic mass is 16.3. The van der Waals surface area contributed by atoms with Crippen molar-refractivity contribution in [1.82, 2.24) is 15.1 Å². The van der Waals surface area contributed by atoms with Crippen LogP contribution in [0, 0.1) is 11.3 Å². The van der Waals surface area contributed by atoms with Crippen molar-refractivity contribution < 1.29 is 5.11 Å². The maximum absolute atomic E-state index is 11.4. The molecule has 4 saturated heterocycles. The largest absolute Gasteiger partial charge is 0.387 e. The van der Waals surface area contributed by atoms with Crippen LogP contribution in [0.1, 0.15) is 27.7 Å². The SMILES string of the molecule is CC(C)(C)NCC1(O)C2CN3CCN(C2)CC1(C)C3. The number of aliphatic hydroxyl groups is 1. The van der Waals surface area contributed by atoms with Gasteiger partial charge in [0.2, 0.25) is 0 Å². The number of rotatable bonds is 2. The molecule has 4 heterocycles. The molecule has 4 nitrogen and oxygen atoms in total. The van der Waals surface area contributed by atoms with E-state index in [-0.39, 0.29) is 11.0 Å². The zero-order valence-corrected chi connectivity index (χ0v) is 12.9. The van der Waals surface area contributed by atoms with Gasteiger partial charge >= 0.3 is 0 Å². The van der Waals surface area contributed by atoms with E-state index in [9.17, 15) is 5.11 Å². The Morgan fingerprint density at radius 2 is 1.68 bits per heavy atom. The monoisotopic (exact) mass is 267 g/mol. The predicted octanol–water partition coefficient (Wildman–Crippen LogP) is 0.373. The Hall–Kier alpha value is -0.160. The van der Waals surface area contributed by atoms with Crippen LogP contribution in [0.25, 0.3) is 0 Å². The topological polar surface area (TPSA) is 38.7 Å². The van der Waals surface area contributed by atoms with Crippen LogP contribution in [0.2, 0.25) is 0 Å². The van der Waals surface area contributed by atoms with Gasteiger partial charge in [0.1, 0.15) is 0 Å². The summed E-state index contributed by atoms with van der Waals surface area (Å²) in [6.07, 6.45) is 0. The molecule has 4 bridgehead atoms. The van der Waals surface area contributed by atoms with E-state index in [0.29, 0.717) is 5.92 Å². The van der Waals surface area contributed by atoms with E-state index in [1.165, 1.54) is 13.1 Å². The first-order chi connectivity index (χ1) is 8.72. The van der Waals surface area contributed by atoms with Crippen molar-refractivity contribution in [2.24, 2.45) is 11.3 Å². The van der Waals surface area contributed by atoms with Gasteiger partial charge < -0.3 is 20.2 Å². The summed E-state index contributed by atoms with van der Waals surface area (Å²) in [6, 6.07) is 0. The number of nitrogens with one attached hydrogen (secondary N) is 1. The second-order valence-electron chi connectivity index (χ2n) is 8.26. The summed E-state index contributed by atoms with van der Waals surface area (Å²) in [7, 11) is 0. The van der Waals surface area contributed by atoms with E-state index < -0.39 is 5.60 Å². The molecule has 4 heteroatoms. The number of hydrogen-bond acceptors (Lipinski definition) is 4. The number of hydrogen-bond donors (Lipinski definition) is 2. The minimum atomic E-state index is -0.558. The maximum Gasteiger partial charge on any atom is 0.0901 e. The van der Waals surface area contributed by atoms with Gasteiger partial charge in [-0.3, -0.25) is 0 Å². The van der Waals surface area contributed by atoms with Gasteiger partial charge in [-0.15, -0.1) is 0 Å².